The van der Waals surface area contributed by atoms with Crippen LogP contribution in [0.15, 0.2) is 12.1 Å². The number of halogens is 3. The van der Waals surface area contributed by atoms with Crippen molar-refractivity contribution >= 4 is 45.2 Å². The number of benzene rings is 1. The topological polar surface area (TPSA) is 23.8 Å². The fourth-order valence-electron chi connectivity index (χ4n) is 0.810. The molecule has 0 saturated heterocycles. The fraction of sp³-hybridized carbons (Fsp3) is 0.125. The third-order valence-electron chi connectivity index (χ3n) is 1.39. The van der Waals surface area contributed by atoms with Crippen molar-refractivity contribution in [1.82, 2.24) is 0 Å². The van der Waals surface area contributed by atoms with Gasteiger partial charge >= 0.3 is 0 Å². The van der Waals surface area contributed by atoms with E-state index in [1.54, 1.807) is 6.07 Å². The normalized spacial score (nSPS) is 9.50. The number of nitrogens with zero attached hydrogens (tertiary/aromatic N) is 1. The highest BCUT2D eigenvalue weighted by atomic mass is 127. The summed E-state index contributed by atoms with van der Waals surface area (Å²) in [4.78, 5) is 0. The van der Waals surface area contributed by atoms with E-state index in [9.17, 15) is 4.39 Å². The lowest BCUT2D eigenvalue weighted by molar-refractivity contribution is 0.617. The molecule has 0 saturated carbocycles. The van der Waals surface area contributed by atoms with Crippen LogP contribution in [0, 0.1) is 24.3 Å². The molecule has 1 rings (SSSR count). The highest BCUT2D eigenvalue weighted by Gasteiger charge is 2.08. The van der Waals surface area contributed by atoms with Gasteiger partial charge in [0, 0.05) is 3.57 Å². The van der Waals surface area contributed by atoms with E-state index >= 15 is 0 Å². The third-order valence-corrected chi connectivity index (χ3v) is 3.57. The van der Waals surface area contributed by atoms with Gasteiger partial charge in [0.05, 0.1) is 16.1 Å². The molecule has 0 unspecified atom stereocenters. The van der Waals surface area contributed by atoms with E-state index in [0.717, 1.165) is 9.13 Å². The Hall–Kier alpha value is 0.100. The molecular formula is C8H4FI2N. The molecular weight excluding hydrogens is 383 g/mol. The van der Waals surface area contributed by atoms with Crippen LogP contribution in [-0.2, 0) is 6.42 Å². The summed E-state index contributed by atoms with van der Waals surface area (Å²) in [6.45, 7) is 0. The molecule has 1 aromatic rings. The molecule has 62 valence electrons. The summed E-state index contributed by atoms with van der Waals surface area (Å²) in [5.74, 6) is -0.249. The molecule has 0 aliphatic heterocycles. The molecule has 0 aromatic heterocycles. The zero-order valence-corrected chi connectivity index (χ0v) is 10.3. The highest BCUT2D eigenvalue weighted by Crippen LogP contribution is 2.22. The Kier molecular flexibility index (Phi) is 3.71. The maximum absolute atomic E-state index is 13.0. The average molecular weight is 387 g/mol. The molecule has 0 spiro atoms. The Labute approximate surface area is 97.2 Å². The van der Waals surface area contributed by atoms with Crippen molar-refractivity contribution in [2.24, 2.45) is 0 Å². The average Bonchev–Trinajstić information content (AvgIpc) is 2.06. The van der Waals surface area contributed by atoms with Crippen LogP contribution >= 0.6 is 45.2 Å². The van der Waals surface area contributed by atoms with Crippen molar-refractivity contribution in [3.63, 3.8) is 0 Å². The zero-order chi connectivity index (χ0) is 9.14. The molecule has 0 atom stereocenters. The number of rotatable bonds is 1. The maximum Gasteiger partial charge on any atom is 0.136 e. The third kappa shape index (κ3) is 2.07. The van der Waals surface area contributed by atoms with Gasteiger partial charge < -0.3 is 0 Å². The van der Waals surface area contributed by atoms with E-state index in [2.05, 4.69) is 22.6 Å². The molecule has 1 nitrogen and oxygen atoms in total. The largest absolute Gasteiger partial charge is 0.206 e. The first-order valence-corrected chi connectivity index (χ1v) is 5.32. The summed E-state index contributed by atoms with van der Waals surface area (Å²) >= 11 is 4.03. The van der Waals surface area contributed by atoms with Gasteiger partial charge in [-0.25, -0.2) is 4.39 Å². The van der Waals surface area contributed by atoms with Crippen LogP contribution in [-0.4, -0.2) is 0 Å². The molecule has 0 aliphatic carbocycles. The first kappa shape index (κ1) is 10.2. The quantitative estimate of drug-likeness (QED) is 0.537. The summed E-state index contributed by atoms with van der Waals surface area (Å²) in [5, 5.41) is 8.48. The molecule has 1 aromatic carbocycles. The second-order valence-electron chi connectivity index (χ2n) is 2.16. The highest BCUT2D eigenvalue weighted by molar-refractivity contribution is 14.1. The van der Waals surface area contributed by atoms with Gasteiger partial charge in [0.2, 0.25) is 0 Å². The minimum absolute atomic E-state index is 0.249. The van der Waals surface area contributed by atoms with Gasteiger partial charge in [0.25, 0.3) is 0 Å². The van der Waals surface area contributed by atoms with Gasteiger partial charge in [-0.15, -0.1) is 0 Å². The van der Waals surface area contributed by atoms with Crippen LogP contribution < -0.4 is 0 Å². The molecule has 0 amide bonds. The smallest absolute Gasteiger partial charge is 0.136 e. The summed E-state index contributed by atoms with van der Waals surface area (Å²) in [6, 6.07) is 5.12. The first-order valence-electron chi connectivity index (χ1n) is 3.16. The number of hydrogen-bond acceptors (Lipinski definition) is 1. The van der Waals surface area contributed by atoms with E-state index in [0.29, 0.717) is 3.57 Å². The lowest BCUT2D eigenvalue weighted by Gasteiger charge is -2.03. The van der Waals surface area contributed by atoms with E-state index in [1.807, 2.05) is 28.7 Å². The second kappa shape index (κ2) is 4.37. The molecule has 0 bridgehead atoms. The van der Waals surface area contributed by atoms with Gasteiger partial charge in [-0.05, 0) is 62.9 Å². The molecule has 0 aliphatic rings. The lowest BCUT2D eigenvalue weighted by Crippen LogP contribution is -1.95. The van der Waals surface area contributed by atoms with Gasteiger partial charge in [-0.1, -0.05) is 0 Å². The van der Waals surface area contributed by atoms with Gasteiger partial charge in [0.15, 0.2) is 0 Å². The summed E-state index contributed by atoms with van der Waals surface area (Å²) in [6.07, 6.45) is 0.272. The molecule has 4 heteroatoms. The van der Waals surface area contributed by atoms with E-state index in [4.69, 9.17) is 5.26 Å². The van der Waals surface area contributed by atoms with Crippen LogP contribution in [0.4, 0.5) is 4.39 Å². The van der Waals surface area contributed by atoms with Crippen molar-refractivity contribution < 1.29 is 4.39 Å². The Morgan fingerprint density at radius 3 is 2.67 bits per heavy atom. The minimum Gasteiger partial charge on any atom is -0.206 e. The van der Waals surface area contributed by atoms with Gasteiger partial charge in [-0.2, -0.15) is 5.26 Å². The summed E-state index contributed by atoms with van der Waals surface area (Å²) < 4.78 is 14.5. The van der Waals surface area contributed by atoms with E-state index < -0.39 is 0 Å². The molecule has 12 heavy (non-hydrogen) atoms. The predicted molar refractivity (Wildman–Crippen MR) is 61.2 cm³/mol. The summed E-state index contributed by atoms with van der Waals surface area (Å²) in [5.41, 5.74) is 0.790. The van der Waals surface area contributed by atoms with Crippen molar-refractivity contribution in [1.29, 1.82) is 5.26 Å². The standard InChI is InChI=1S/C8H4FI2N/c9-6-1-2-7(10)5(3-4-12)8(6)11/h1-2H,3H2. The fourth-order valence-corrected chi connectivity index (χ4v) is 2.63. The number of nitriles is 1. The van der Waals surface area contributed by atoms with Crippen LogP contribution in [0.25, 0.3) is 0 Å². The molecule has 0 heterocycles. The van der Waals surface area contributed by atoms with Crippen LogP contribution in [0.2, 0.25) is 0 Å². The van der Waals surface area contributed by atoms with Crippen molar-refractivity contribution in [2.75, 3.05) is 0 Å². The van der Waals surface area contributed by atoms with Gasteiger partial charge in [-0.3, -0.25) is 0 Å². The SMILES string of the molecule is N#CCc1c(I)ccc(F)c1I. The Bertz CT molecular complexity index is 344. The van der Waals surface area contributed by atoms with Crippen molar-refractivity contribution in [2.45, 2.75) is 6.42 Å². The molecule has 0 radical (unpaired) electrons. The Balaban J connectivity index is 3.25. The van der Waals surface area contributed by atoms with Crippen LogP contribution in [0.5, 0.6) is 0 Å². The predicted octanol–water partition coefficient (Wildman–Crippen LogP) is 3.10. The second-order valence-corrected chi connectivity index (χ2v) is 4.40. The lowest BCUT2D eigenvalue weighted by atomic mass is 10.2. The molecule has 0 N–H and O–H groups in total. The van der Waals surface area contributed by atoms with Crippen LogP contribution in [0.3, 0.4) is 0 Å². The maximum atomic E-state index is 13.0. The van der Waals surface area contributed by atoms with Crippen molar-refractivity contribution in [3.8, 4) is 6.07 Å². The zero-order valence-electron chi connectivity index (χ0n) is 5.94. The van der Waals surface area contributed by atoms with Crippen molar-refractivity contribution in [3.05, 3.63) is 30.7 Å². The minimum atomic E-state index is -0.249. The van der Waals surface area contributed by atoms with Gasteiger partial charge in [0.1, 0.15) is 5.82 Å². The Morgan fingerprint density at radius 2 is 2.08 bits per heavy atom. The van der Waals surface area contributed by atoms with E-state index in [1.165, 1.54) is 6.07 Å². The molecule has 0 fully saturated rings. The first-order chi connectivity index (χ1) is 5.66. The Morgan fingerprint density at radius 1 is 1.42 bits per heavy atom. The van der Waals surface area contributed by atoms with E-state index in [-0.39, 0.29) is 12.2 Å². The summed E-state index contributed by atoms with van der Waals surface area (Å²) in [7, 11) is 0. The number of hydrogen-bond donors (Lipinski definition) is 0. The monoisotopic (exact) mass is 387 g/mol. The van der Waals surface area contributed by atoms with Crippen LogP contribution in [0.1, 0.15) is 5.56 Å².